The van der Waals surface area contributed by atoms with Gasteiger partial charge >= 0.3 is 0 Å². The number of piperidine rings is 1. The molecule has 0 spiro atoms. The second-order valence-electron chi connectivity index (χ2n) is 6.80. The summed E-state index contributed by atoms with van der Waals surface area (Å²) in [6.07, 6.45) is 1.53. The van der Waals surface area contributed by atoms with Crippen molar-refractivity contribution < 1.29 is 9.59 Å². The van der Waals surface area contributed by atoms with Gasteiger partial charge in [0.25, 0.3) is 5.91 Å². The van der Waals surface area contributed by atoms with E-state index < -0.39 is 0 Å². The Kier molecular flexibility index (Phi) is 4.26. The number of carbonyl (C=O) groups excluding carboxylic acids is 2. The molecule has 0 aliphatic carbocycles. The number of aromatic nitrogens is 1. The summed E-state index contributed by atoms with van der Waals surface area (Å²) in [7, 11) is 0. The molecule has 0 unspecified atom stereocenters. The van der Waals surface area contributed by atoms with Crippen LogP contribution in [0.25, 0.3) is 10.9 Å². The molecule has 126 valence electrons. The molecule has 2 heterocycles. The van der Waals surface area contributed by atoms with Gasteiger partial charge in [0.1, 0.15) is 0 Å². The van der Waals surface area contributed by atoms with Crippen LogP contribution in [-0.4, -0.2) is 34.3 Å². The van der Waals surface area contributed by atoms with E-state index in [0.717, 1.165) is 29.3 Å². The Balaban J connectivity index is 1.97. The molecule has 1 aliphatic rings. The van der Waals surface area contributed by atoms with Gasteiger partial charge in [0.2, 0.25) is 5.91 Å². The van der Waals surface area contributed by atoms with E-state index in [2.05, 4.69) is 4.98 Å². The topological polar surface area (TPSA) is 76.3 Å². The highest BCUT2D eigenvalue weighted by Crippen LogP contribution is 2.26. The second kappa shape index (κ2) is 6.23. The van der Waals surface area contributed by atoms with E-state index in [9.17, 15) is 9.59 Å². The molecule has 5 nitrogen and oxygen atoms in total. The number of hydrogen-bond acceptors (Lipinski definition) is 3. The van der Waals surface area contributed by atoms with E-state index in [0.29, 0.717) is 17.8 Å². The SMILES string of the molecule is Cc1ccc2nc(C)c(C(=O)N3C[C@H](C(N)=O)CC[C@H]3C)cc2c1. The summed E-state index contributed by atoms with van der Waals surface area (Å²) in [6, 6.07) is 8.03. The Morgan fingerprint density at radius 2 is 1.96 bits per heavy atom. The number of carbonyl (C=O) groups is 2. The number of fused-ring (bicyclic) bond motifs is 1. The lowest BCUT2D eigenvalue weighted by atomic mass is 9.92. The van der Waals surface area contributed by atoms with E-state index in [1.807, 2.05) is 45.0 Å². The van der Waals surface area contributed by atoms with E-state index in [4.69, 9.17) is 5.73 Å². The minimum atomic E-state index is -0.330. The van der Waals surface area contributed by atoms with E-state index in [-0.39, 0.29) is 23.8 Å². The van der Waals surface area contributed by atoms with Gasteiger partial charge in [0.05, 0.1) is 22.7 Å². The molecule has 0 bridgehead atoms. The van der Waals surface area contributed by atoms with Crippen LogP contribution in [-0.2, 0) is 4.79 Å². The fourth-order valence-corrected chi connectivity index (χ4v) is 3.39. The Morgan fingerprint density at radius 1 is 1.21 bits per heavy atom. The van der Waals surface area contributed by atoms with Crippen molar-refractivity contribution in [3.63, 3.8) is 0 Å². The van der Waals surface area contributed by atoms with Crippen molar-refractivity contribution in [3.8, 4) is 0 Å². The second-order valence-corrected chi connectivity index (χ2v) is 6.80. The number of amides is 2. The Bertz CT molecular complexity index is 816. The highest BCUT2D eigenvalue weighted by atomic mass is 16.2. The predicted molar refractivity (Wildman–Crippen MR) is 93.6 cm³/mol. The highest BCUT2D eigenvalue weighted by molar-refractivity contribution is 5.99. The third-order valence-electron chi connectivity index (χ3n) is 4.94. The molecule has 1 saturated heterocycles. The van der Waals surface area contributed by atoms with Gasteiger partial charge in [-0.3, -0.25) is 14.6 Å². The lowest BCUT2D eigenvalue weighted by Crippen LogP contribution is -2.48. The number of primary amides is 1. The Morgan fingerprint density at radius 3 is 2.67 bits per heavy atom. The molecule has 2 amide bonds. The van der Waals surface area contributed by atoms with Crippen LogP contribution in [0.2, 0.25) is 0 Å². The van der Waals surface area contributed by atoms with E-state index in [1.54, 1.807) is 4.90 Å². The van der Waals surface area contributed by atoms with E-state index in [1.165, 1.54) is 0 Å². The molecule has 2 aromatic rings. The van der Waals surface area contributed by atoms with Gasteiger partial charge in [-0.25, -0.2) is 0 Å². The first-order valence-corrected chi connectivity index (χ1v) is 8.35. The maximum absolute atomic E-state index is 13.1. The quantitative estimate of drug-likeness (QED) is 0.922. The fraction of sp³-hybridized carbons (Fsp3) is 0.421. The average Bonchev–Trinajstić information content (AvgIpc) is 2.54. The maximum Gasteiger partial charge on any atom is 0.255 e. The summed E-state index contributed by atoms with van der Waals surface area (Å²) in [5.41, 5.74) is 8.78. The van der Waals surface area contributed by atoms with Crippen molar-refractivity contribution in [3.05, 3.63) is 41.1 Å². The zero-order chi connectivity index (χ0) is 17.4. The zero-order valence-electron chi connectivity index (χ0n) is 14.4. The van der Waals surface area contributed by atoms with Gasteiger partial charge in [-0.2, -0.15) is 0 Å². The molecule has 1 aromatic carbocycles. The Hall–Kier alpha value is -2.43. The summed E-state index contributed by atoms with van der Waals surface area (Å²) in [4.78, 5) is 30.9. The number of rotatable bonds is 2. The smallest absolute Gasteiger partial charge is 0.255 e. The van der Waals surface area contributed by atoms with Crippen LogP contribution in [0.4, 0.5) is 0 Å². The molecular weight excluding hydrogens is 302 g/mol. The van der Waals surface area contributed by atoms with Crippen molar-refractivity contribution >= 4 is 22.7 Å². The third-order valence-corrected chi connectivity index (χ3v) is 4.94. The maximum atomic E-state index is 13.1. The van der Waals surface area contributed by atoms with Gasteiger partial charge in [0, 0.05) is 18.0 Å². The lowest BCUT2D eigenvalue weighted by molar-refractivity contribution is -0.123. The van der Waals surface area contributed by atoms with Crippen molar-refractivity contribution in [2.75, 3.05) is 6.54 Å². The molecule has 1 fully saturated rings. The monoisotopic (exact) mass is 325 g/mol. The van der Waals surface area contributed by atoms with Crippen LogP contribution >= 0.6 is 0 Å². The third kappa shape index (κ3) is 2.98. The number of pyridine rings is 1. The first-order chi connectivity index (χ1) is 11.4. The lowest BCUT2D eigenvalue weighted by Gasteiger charge is -2.37. The van der Waals surface area contributed by atoms with Gasteiger partial charge in [-0.15, -0.1) is 0 Å². The van der Waals surface area contributed by atoms with E-state index >= 15 is 0 Å². The fourth-order valence-electron chi connectivity index (χ4n) is 3.39. The molecule has 0 saturated carbocycles. The van der Waals surface area contributed by atoms with Crippen LogP contribution in [0.5, 0.6) is 0 Å². The van der Waals surface area contributed by atoms with Gasteiger partial charge in [-0.05, 0) is 51.8 Å². The number of nitrogens with two attached hydrogens (primary N) is 1. The summed E-state index contributed by atoms with van der Waals surface area (Å²) in [6.45, 7) is 6.28. The van der Waals surface area contributed by atoms with Crippen molar-refractivity contribution in [2.45, 2.75) is 39.7 Å². The van der Waals surface area contributed by atoms with Crippen LogP contribution < -0.4 is 5.73 Å². The molecule has 24 heavy (non-hydrogen) atoms. The Labute approximate surface area is 141 Å². The number of nitrogens with zero attached hydrogens (tertiary/aromatic N) is 2. The largest absolute Gasteiger partial charge is 0.369 e. The molecule has 5 heteroatoms. The van der Waals surface area contributed by atoms with Crippen LogP contribution in [0.3, 0.4) is 0 Å². The average molecular weight is 325 g/mol. The van der Waals surface area contributed by atoms with Crippen molar-refractivity contribution in [1.82, 2.24) is 9.88 Å². The first-order valence-electron chi connectivity index (χ1n) is 8.35. The number of benzene rings is 1. The van der Waals surface area contributed by atoms with Crippen molar-refractivity contribution in [2.24, 2.45) is 11.7 Å². The summed E-state index contributed by atoms with van der Waals surface area (Å²) < 4.78 is 0. The van der Waals surface area contributed by atoms with Crippen LogP contribution in [0.15, 0.2) is 24.3 Å². The molecule has 1 aliphatic heterocycles. The normalized spacial score (nSPS) is 21.0. The zero-order valence-corrected chi connectivity index (χ0v) is 14.4. The highest BCUT2D eigenvalue weighted by Gasteiger charge is 2.32. The molecule has 2 atom stereocenters. The summed E-state index contributed by atoms with van der Waals surface area (Å²) in [5.74, 6) is -0.661. The van der Waals surface area contributed by atoms with Crippen molar-refractivity contribution in [1.29, 1.82) is 0 Å². The molecule has 0 radical (unpaired) electrons. The predicted octanol–water partition coefficient (Wildman–Crippen LogP) is 2.58. The van der Waals surface area contributed by atoms with Crippen LogP contribution in [0.1, 0.15) is 41.4 Å². The standard InChI is InChI=1S/C19H23N3O2/c1-11-4-7-17-15(8-11)9-16(13(3)21-17)19(24)22-10-14(18(20)23)6-5-12(22)2/h4,7-9,12,14H,5-6,10H2,1-3H3,(H2,20,23)/t12-,14-/m1/s1. The van der Waals surface area contributed by atoms with Gasteiger partial charge in [0.15, 0.2) is 0 Å². The van der Waals surface area contributed by atoms with Crippen LogP contribution in [0, 0.1) is 19.8 Å². The summed E-state index contributed by atoms with van der Waals surface area (Å²) in [5, 5.41) is 0.958. The van der Waals surface area contributed by atoms with Gasteiger partial charge < -0.3 is 10.6 Å². The minimum Gasteiger partial charge on any atom is -0.369 e. The molecule has 2 N–H and O–H groups in total. The summed E-state index contributed by atoms with van der Waals surface area (Å²) >= 11 is 0. The molecule has 1 aromatic heterocycles. The van der Waals surface area contributed by atoms with Gasteiger partial charge in [-0.1, -0.05) is 11.6 Å². The number of hydrogen-bond donors (Lipinski definition) is 1. The molecule has 3 rings (SSSR count). The first kappa shape index (κ1) is 16.4. The molecular formula is C19H23N3O2. The number of likely N-dealkylation sites (tertiary alicyclic amines) is 1. The number of aryl methyl sites for hydroxylation is 2. The minimum absolute atomic E-state index is 0.0677.